The van der Waals surface area contributed by atoms with Crippen LogP contribution in [0.3, 0.4) is 0 Å². The highest BCUT2D eigenvalue weighted by Crippen LogP contribution is 2.28. The molecule has 1 heterocycles. The molecular formula is C21H31N. The SMILES string of the molecule is C=C=CN1Cc2cc(CCC(C)C)c(CCC(C)C)cc2C1. The molecule has 0 atom stereocenters. The topological polar surface area (TPSA) is 3.24 Å². The standard InChI is InChI=1S/C21H31N/c1-6-11-22-14-20-12-18(9-7-16(2)3)19(10-8-17(4)5)13-21(20)15-22/h11-13,16-17H,1,7-10,14-15H2,2-5H3. The number of hydrogen-bond donors (Lipinski definition) is 0. The molecule has 0 bridgehead atoms. The lowest BCUT2D eigenvalue weighted by atomic mass is 9.91. The molecular weight excluding hydrogens is 266 g/mol. The number of nitrogens with zero attached hydrogens (tertiary/aromatic N) is 1. The van der Waals surface area contributed by atoms with Gasteiger partial charge < -0.3 is 4.90 Å². The van der Waals surface area contributed by atoms with Gasteiger partial charge in [-0.2, -0.15) is 0 Å². The fraction of sp³-hybridized carbons (Fsp3) is 0.571. The molecule has 0 spiro atoms. The summed E-state index contributed by atoms with van der Waals surface area (Å²) >= 11 is 0. The van der Waals surface area contributed by atoms with Gasteiger partial charge in [-0.3, -0.25) is 0 Å². The van der Waals surface area contributed by atoms with E-state index >= 15 is 0 Å². The van der Waals surface area contributed by atoms with Gasteiger partial charge in [0.25, 0.3) is 0 Å². The van der Waals surface area contributed by atoms with E-state index in [1.165, 1.54) is 36.8 Å². The third-order valence-electron chi connectivity index (χ3n) is 4.52. The molecule has 120 valence electrons. The monoisotopic (exact) mass is 297 g/mol. The summed E-state index contributed by atoms with van der Waals surface area (Å²) in [5.74, 6) is 1.54. The first-order valence-corrected chi connectivity index (χ1v) is 8.73. The molecule has 1 aliphatic rings. The van der Waals surface area contributed by atoms with Crippen LogP contribution in [0.15, 0.2) is 30.6 Å². The number of fused-ring (bicyclic) bond motifs is 1. The zero-order valence-electron chi connectivity index (χ0n) is 14.8. The minimum absolute atomic E-state index is 0.770. The van der Waals surface area contributed by atoms with E-state index in [0.29, 0.717) is 0 Å². The fourth-order valence-corrected chi connectivity index (χ4v) is 3.15. The van der Waals surface area contributed by atoms with Crippen molar-refractivity contribution in [2.45, 2.75) is 66.5 Å². The molecule has 2 rings (SSSR count). The maximum Gasteiger partial charge on any atom is 0.0436 e. The number of rotatable bonds is 7. The normalized spacial score (nSPS) is 13.6. The van der Waals surface area contributed by atoms with Gasteiger partial charge in [-0.15, -0.1) is 5.73 Å². The Morgan fingerprint density at radius 1 is 1.00 bits per heavy atom. The lowest BCUT2D eigenvalue weighted by Crippen LogP contribution is -2.06. The van der Waals surface area contributed by atoms with Crippen LogP contribution in [0.4, 0.5) is 0 Å². The summed E-state index contributed by atoms with van der Waals surface area (Å²) in [5.41, 5.74) is 9.06. The molecule has 1 aromatic rings. The quantitative estimate of drug-likeness (QED) is 0.602. The van der Waals surface area contributed by atoms with Crippen LogP contribution in [0.1, 0.15) is 62.8 Å². The van der Waals surface area contributed by atoms with Crippen molar-refractivity contribution in [2.75, 3.05) is 0 Å². The van der Waals surface area contributed by atoms with Crippen molar-refractivity contribution in [3.8, 4) is 0 Å². The molecule has 0 unspecified atom stereocenters. The van der Waals surface area contributed by atoms with E-state index in [1.807, 2.05) is 6.20 Å². The van der Waals surface area contributed by atoms with E-state index in [9.17, 15) is 0 Å². The van der Waals surface area contributed by atoms with Crippen molar-refractivity contribution in [2.24, 2.45) is 11.8 Å². The number of aryl methyl sites for hydroxylation is 2. The predicted molar refractivity (Wildman–Crippen MR) is 95.7 cm³/mol. The van der Waals surface area contributed by atoms with Crippen LogP contribution in [0.25, 0.3) is 0 Å². The predicted octanol–water partition coefficient (Wildman–Crippen LogP) is 5.48. The summed E-state index contributed by atoms with van der Waals surface area (Å²) in [5, 5.41) is 0. The Morgan fingerprint density at radius 3 is 1.82 bits per heavy atom. The fourth-order valence-electron chi connectivity index (χ4n) is 3.15. The average molecular weight is 297 g/mol. The molecule has 0 radical (unpaired) electrons. The second-order valence-electron chi connectivity index (χ2n) is 7.49. The van der Waals surface area contributed by atoms with E-state index in [4.69, 9.17) is 0 Å². The Morgan fingerprint density at radius 2 is 1.45 bits per heavy atom. The molecule has 1 aromatic carbocycles. The lowest BCUT2D eigenvalue weighted by Gasteiger charge is -2.14. The van der Waals surface area contributed by atoms with E-state index in [1.54, 1.807) is 11.1 Å². The summed E-state index contributed by atoms with van der Waals surface area (Å²) in [6, 6.07) is 4.95. The van der Waals surface area contributed by atoms with Crippen LogP contribution in [0.5, 0.6) is 0 Å². The van der Waals surface area contributed by atoms with Crippen LogP contribution in [0.2, 0.25) is 0 Å². The zero-order valence-corrected chi connectivity index (χ0v) is 14.8. The maximum atomic E-state index is 3.70. The van der Waals surface area contributed by atoms with E-state index in [2.05, 4.69) is 57.0 Å². The van der Waals surface area contributed by atoms with Crippen molar-refractivity contribution in [3.63, 3.8) is 0 Å². The Balaban J connectivity index is 2.22. The van der Waals surface area contributed by atoms with Gasteiger partial charge in [0.1, 0.15) is 0 Å². The zero-order chi connectivity index (χ0) is 16.1. The number of benzene rings is 1. The molecule has 22 heavy (non-hydrogen) atoms. The minimum Gasteiger partial charge on any atom is -0.362 e. The second kappa shape index (κ2) is 7.70. The third-order valence-corrected chi connectivity index (χ3v) is 4.52. The van der Waals surface area contributed by atoms with Crippen LogP contribution in [-0.4, -0.2) is 4.90 Å². The lowest BCUT2D eigenvalue weighted by molar-refractivity contribution is 0.400. The molecule has 0 saturated carbocycles. The first kappa shape index (κ1) is 16.9. The summed E-state index contributed by atoms with van der Waals surface area (Å²) in [7, 11) is 0. The van der Waals surface area contributed by atoms with Gasteiger partial charge in [0, 0.05) is 19.3 Å². The Kier molecular flexibility index (Phi) is 5.91. The van der Waals surface area contributed by atoms with Gasteiger partial charge in [-0.1, -0.05) is 46.4 Å². The summed E-state index contributed by atoms with van der Waals surface area (Å²) in [4.78, 5) is 2.30. The van der Waals surface area contributed by atoms with Crippen LogP contribution < -0.4 is 0 Å². The van der Waals surface area contributed by atoms with Gasteiger partial charge >= 0.3 is 0 Å². The number of hydrogen-bond acceptors (Lipinski definition) is 1. The molecule has 0 amide bonds. The highest BCUT2D eigenvalue weighted by molar-refractivity contribution is 5.41. The van der Waals surface area contributed by atoms with Gasteiger partial charge in [-0.25, -0.2) is 0 Å². The molecule has 1 heteroatoms. The largest absolute Gasteiger partial charge is 0.362 e. The first-order chi connectivity index (χ1) is 10.5. The van der Waals surface area contributed by atoms with Crippen molar-refractivity contribution in [1.29, 1.82) is 0 Å². The summed E-state index contributed by atoms with van der Waals surface area (Å²) < 4.78 is 0. The van der Waals surface area contributed by atoms with Gasteiger partial charge in [0.15, 0.2) is 0 Å². The summed E-state index contributed by atoms with van der Waals surface area (Å²) in [6.07, 6.45) is 6.99. The van der Waals surface area contributed by atoms with Crippen molar-refractivity contribution < 1.29 is 0 Å². The molecule has 1 nitrogen and oxygen atoms in total. The molecule has 0 N–H and O–H groups in total. The minimum atomic E-state index is 0.770. The van der Waals surface area contributed by atoms with Crippen molar-refractivity contribution in [1.82, 2.24) is 4.90 Å². The average Bonchev–Trinajstić information content (AvgIpc) is 2.83. The smallest absolute Gasteiger partial charge is 0.0436 e. The highest BCUT2D eigenvalue weighted by atomic mass is 15.1. The van der Waals surface area contributed by atoms with Crippen LogP contribution >= 0.6 is 0 Å². The Bertz CT molecular complexity index is 506. The van der Waals surface area contributed by atoms with Crippen molar-refractivity contribution >= 4 is 0 Å². The molecule has 0 fully saturated rings. The van der Waals surface area contributed by atoms with Crippen LogP contribution in [-0.2, 0) is 25.9 Å². The van der Waals surface area contributed by atoms with Crippen molar-refractivity contribution in [3.05, 3.63) is 52.9 Å². The van der Waals surface area contributed by atoms with Gasteiger partial charge in [0.05, 0.1) is 0 Å². The Hall–Kier alpha value is -1.46. The molecule has 0 aliphatic carbocycles. The molecule has 1 aliphatic heterocycles. The van der Waals surface area contributed by atoms with Gasteiger partial charge in [0.2, 0.25) is 0 Å². The van der Waals surface area contributed by atoms with Gasteiger partial charge in [-0.05, 0) is 59.8 Å². The molecule has 0 saturated heterocycles. The third kappa shape index (κ3) is 4.52. The highest BCUT2D eigenvalue weighted by Gasteiger charge is 2.19. The Labute approximate surface area is 136 Å². The molecule has 0 aromatic heterocycles. The second-order valence-corrected chi connectivity index (χ2v) is 7.49. The maximum absolute atomic E-state index is 3.70. The first-order valence-electron chi connectivity index (χ1n) is 8.73. The van der Waals surface area contributed by atoms with E-state index in [0.717, 1.165) is 24.9 Å². The van der Waals surface area contributed by atoms with E-state index < -0.39 is 0 Å². The summed E-state index contributed by atoms with van der Waals surface area (Å²) in [6.45, 7) is 15.0. The van der Waals surface area contributed by atoms with Crippen LogP contribution in [0, 0.1) is 11.8 Å². The van der Waals surface area contributed by atoms with E-state index in [-0.39, 0.29) is 0 Å².